The van der Waals surface area contributed by atoms with Gasteiger partial charge in [-0.2, -0.15) is 0 Å². The summed E-state index contributed by atoms with van der Waals surface area (Å²) in [5, 5.41) is 0. The second-order valence-corrected chi connectivity index (χ2v) is 3.63. The van der Waals surface area contributed by atoms with Gasteiger partial charge in [0.25, 0.3) is 0 Å². The van der Waals surface area contributed by atoms with Gasteiger partial charge in [-0.05, 0) is 25.5 Å². The highest BCUT2D eigenvalue weighted by Gasteiger charge is 2.10. The van der Waals surface area contributed by atoms with Crippen molar-refractivity contribution in [2.45, 2.75) is 26.3 Å². The van der Waals surface area contributed by atoms with E-state index in [1.165, 1.54) is 6.07 Å². The van der Waals surface area contributed by atoms with Crippen LogP contribution in [0.15, 0.2) is 18.2 Å². The summed E-state index contributed by atoms with van der Waals surface area (Å²) < 4.78 is 18.3. The van der Waals surface area contributed by atoms with E-state index in [0.717, 1.165) is 0 Å². The second kappa shape index (κ2) is 5.61. The molecule has 0 radical (unpaired) electrons. The third-order valence-corrected chi connectivity index (χ3v) is 2.21. The summed E-state index contributed by atoms with van der Waals surface area (Å²) in [5.41, 5.74) is 6.63. The molecule has 4 heteroatoms. The van der Waals surface area contributed by atoms with Crippen molar-refractivity contribution in [2.75, 3.05) is 6.61 Å². The molecule has 0 bridgehead atoms. The molecule has 0 fully saturated rings. The Kier molecular flexibility index (Phi) is 4.43. The Balaban J connectivity index is 2.77. The minimum Gasteiger partial charge on any atom is -0.466 e. The molecule has 0 heterocycles. The highest BCUT2D eigenvalue weighted by molar-refractivity contribution is 5.72. The summed E-state index contributed by atoms with van der Waals surface area (Å²) >= 11 is 0. The number of rotatable bonds is 4. The van der Waals surface area contributed by atoms with Gasteiger partial charge in [-0.15, -0.1) is 0 Å². The molecule has 0 spiro atoms. The van der Waals surface area contributed by atoms with Gasteiger partial charge in [0.15, 0.2) is 0 Å². The largest absolute Gasteiger partial charge is 0.466 e. The van der Waals surface area contributed by atoms with Crippen LogP contribution in [0, 0.1) is 5.82 Å². The van der Waals surface area contributed by atoms with E-state index in [2.05, 4.69) is 0 Å². The smallest absolute Gasteiger partial charge is 0.310 e. The predicted octanol–water partition coefficient (Wildman–Crippen LogP) is 1.95. The molecule has 0 aliphatic carbocycles. The Morgan fingerprint density at radius 1 is 1.56 bits per heavy atom. The first-order valence-corrected chi connectivity index (χ1v) is 5.24. The Morgan fingerprint density at radius 3 is 2.75 bits per heavy atom. The van der Waals surface area contributed by atoms with Crippen LogP contribution in [0.2, 0.25) is 0 Å². The number of carbonyl (C=O) groups is 1. The van der Waals surface area contributed by atoms with Gasteiger partial charge in [-0.3, -0.25) is 4.79 Å². The molecule has 0 saturated heterocycles. The molecule has 0 saturated carbocycles. The topological polar surface area (TPSA) is 52.3 Å². The summed E-state index contributed by atoms with van der Waals surface area (Å²) in [5.74, 6) is -0.729. The molecular weight excluding hydrogens is 209 g/mol. The Bertz CT molecular complexity index is 377. The van der Waals surface area contributed by atoms with Crippen molar-refractivity contribution in [2.24, 2.45) is 5.73 Å². The molecule has 1 rings (SSSR count). The summed E-state index contributed by atoms with van der Waals surface area (Å²) in [6.07, 6.45) is 0.0873. The maximum absolute atomic E-state index is 13.5. The molecule has 3 nitrogen and oxygen atoms in total. The molecular formula is C12H16FNO2. The van der Waals surface area contributed by atoms with Gasteiger partial charge in [0.1, 0.15) is 5.82 Å². The first-order valence-electron chi connectivity index (χ1n) is 5.24. The lowest BCUT2D eigenvalue weighted by Gasteiger charge is -2.08. The maximum atomic E-state index is 13.5. The van der Waals surface area contributed by atoms with E-state index in [1.54, 1.807) is 26.0 Å². The van der Waals surface area contributed by atoms with Crippen LogP contribution < -0.4 is 5.73 Å². The van der Waals surface area contributed by atoms with Crippen molar-refractivity contribution < 1.29 is 13.9 Å². The number of carbonyl (C=O) groups excluding carboxylic acids is 1. The fourth-order valence-corrected chi connectivity index (χ4v) is 1.43. The van der Waals surface area contributed by atoms with Gasteiger partial charge >= 0.3 is 5.97 Å². The van der Waals surface area contributed by atoms with E-state index in [9.17, 15) is 9.18 Å². The molecule has 1 aromatic rings. The normalized spacial score (nSPS) is 12.2. The van der Waals surface area contributed by atoms with Crippen LogP contribution >= 0.6 is 0 Å². The molecule has 0 aliphatic rings. The van der Waals surface area contributed by atoms with Crippen molar-refractivity contribution >= 4 is 5.97 Å². The van der Waals surface area contributed by atoms with Gasteiger partial charge in [-0.1, -0.05) is 12.1 Å². The second-order valence-electron chi connectivity index (χ2n) is 3.63. The van der Waals surface area contributed by atoms with Crippen LogP contribution in [0.4, 0.5) is 4.39 Å². The SMILES string of the molecule is CCOC(=O)Cc1ccc([C@@H](C)N)c(F)c1. The molecule has 0 amide bonds. The van der Waals surface area contributed by atoms with Crippen molar-refractivity contribution in [1.82, 2.24) is 0 Å². The minimum atomic E-state index is -0.378. The zero-order valence-corrected chi connectivity index (χ0v) is 9.50. The summed E-state index contributed by atoms with van der Waals surface area (Å²) in [6, 6.07) is 4.28. The van der Waals surface area contributed by atoms with Gasteiger partial charge in [0, 0.05) is 11.6 Å². The average molecular weight is 225 g/mol. The molecule has 88 valence electrons. The number of benzene rings is 1. The van der Waals surface area contributed by atoms with Gasteiger partial charge in [0.05, 0.1) is 13.0 Å². The monoisotopic (exact) mass is 225 g/mol. The van der Waals surface area contributed by atoms with E-state index in [-0.39, 0.29) is 24.2 Å². The van der Waals surface area contributed by atoms with Crippen LogP contribution in [0.5, 0.6) is 0 Å². The first-order chi connectivity index (χ1) is 7.54. The molecule has 0 aromatic heterocycles. The van der Waals surface area contributed by atoms with Gasteiger partial charge in [0.2, 0.25) is 0 Å². The van der Waals surface area contributed by atoms with Gasteiger partial charge in [-0.25, -0.2) is 4.39 Å². The predicted molar refractivity (Wildman–Crippen MR) is 59.3 cm³/mol. The van der Waals surface area contributed by atoms with Crippen molar-refractivity contribution in [3.8, 4) is 0 Å². The van der Waals surface area contributed by atoms with Gasteiger partial charge < -0.3 is 10.5 Å². The lowest BCUT2D eigenvalue weighted by atomic mass is 10.0. The van der Waals surface area contributed by atoms with Crippen molar-refractivity contribution in [3.05, 3.63) is 35.1 Å². The van der Waals surface area contributed by atoms with Crippen LogP contribution in [0.25, 0.3) is 0 Å². The van der Waals surface area contributed by atoms with E-state index in [0.29, 0.717) is 17.7 Å². The third kappa shape index (κ3) is 3.31. The van der Waals surface area contributed by atoms with Crippen molar-refractivity contribution in [3.63, 3.8) is 0 Å². The molecule has 1 atom stereocenters. The highest BCUT2D eigenvalue weighted by atomic mass is 19.1. The maximum Gasteiger partial charge on any atom is 0.310 e. The van der Waals surface area contributed by atoms with Crippen LogP contribution in [0.3, 0.4) is 0 Å². The number of hydrogen-bond acceptors (Lipinski definition) is 3. The zero-order valence-electron chi connectivity index (χ0n) is 9.50. The fraction of sp³-hybridized carbons (Fsp3) is 0.417. The lowest BCUT2D eigenvalue weighted by molar-refractivity contribution is -0.142. The van der Waals surface area contributed by atoms with E-state index in [4.69, 9.17) is 10.5 Å². The van der Waals surface area contributed by atoms with E-state index >= 15 is 0 Å². The number of esters is 1. The number of hydrogen-bond donors (Lipinski definition) is 1. The Labute approximate surface area is 94.4 Å². The molecule has 0 unspecified atom stereocenters. The third-order valence-electron chi connectivity index (χ3n) is 2.21. The van der Waals surface area contributed by atoms with Crippen LogP contribution in [-0.2, 0) is 16.0 Å². The summed E-state index contributed by atoms with van der Waals surface area (Å²) in [7, 11) is 0. The Hall–Kier alpha value is -1.42. The standard InChI is InChI=1S/C12H16FNO2/c1-3-16-12(15)7-9-4-5-10(8(2)14)11(13)6-9/h4-6,8H,3,7,14H2,1-2H3/t8-/m1/s1. The zero-order chi connectivity index (χ0) is 12.1. The molecule has 1 aromatic carbocycles. The first kappa shape index (κ1) is 12.6. The van der Waals surface area contributed by atoms with E-state index in [1.807, 2.05) is 0 Å². The molecule has 16 heavy (non-hydrogen) atoms. The fourth-order valence-electron chi connectivity index (χ4n) is 1.43. The van der Waals surface area contributed by atoms with E-state index < -0.39 is 0 Å². The number of ether oxygens (including phenoxy) is 1. The molecule has 2 N–H and O–H groups in total. The Morgan fingerprint density at radius 2 is 2.25 bits per heavy atom. The lowest BCUT2D eigenvalue weighted by Crippen LogP contribution is -2.10. The van der Waals surface area contributed by atoms with Crippen LogP contribution in [0.1, 0.15) is 31.0 Å². The van der Waals surface area contributed by atoms with Crippen molar-refractivity contribution in [1.29, 1.82) is 0 Å². The average Bonchev–Trinajstić information content (AvgIpc) is 2.17. The minimum absolute atomic E-state index is 0.0873. The molecule has 0 aliphatic heterocycles. The quantitative estimate of drug-likeness (QED) is 0.797. The summed E-state index contributed by atoms with van der Waals surface area (Å²) in [6.45, 7) is 3.78. The number of halogens is 1. The van der Waals surface area contributed by atoms with Crippen LogP contribution in [-0.4, -0.2) is 12.6 Å². The number of nitrogens with two attached hydrogens (primary N) is 1. The highest BCUT2D eigenvalue weighted by Crippen LogP contribution is 2.16. The summed E-state index contributed by atoms with van der Waals surface area (Å²) in [4.78, 5) is 11.2.